The molecule has 1 N–H and O–H groups in total. The number of aromatic nitrogens is 2. The second kappa shape index (κ2) is 5.94. The van der Waals surface area contributed by atoms with Gasteiger partial charge in [0.15, 0.2) is 18.2 Å². The zero-order valence-corrected chi connectivity index (χ0v) is 14.1. The summed E-state index contributed by atoms with van der Waals surface area (Å²) >= 11 is 0. The Bertz CT molecular complexity index is 1040. The van der Waals surface area contributed by atoms with Gasteiger partial charge in [-0.25, -0.2) is 8.78 Å². The van der Waals surface area contributed by atoms with Crippen molar-refractivity contribution in [1.82, 2.24) is 9.78 Å². The fraction of sp³-hybridized carbons (Fsp3) is 0.158. The average Bonchev–Trinajstić information content (AvgIpc) is 2.90. The number of hydrogen-bond acceptors (Lipinski definition) is 3. The average molecular weight is 355 g/mol. The summed E-state index contributed by atoms with van der Waals surface area (Å²) in [5.74, 6) is -1.52. The van der Waals surface area contributed by atoms with Gasteiger partial charge in [-0.3, -0.25) is 9.48 Å². The number of ether oxygens (including phenoxy) is 1. The SMILES string of the molecule is Cc1nn(C)c(-c2cccc(F)c2F)c1-c1ccc2c(c1)NC(=O)CO2. The summed E-state index contributed by atoms with van der Waals surface area (Å²) in [6.07, 6.45) is 0. The van der Waals surface area contributed by atoms with E-state index in [1.807, 2.05) is 0 Å². The number of rotatable bonds is 2. The van der Waals surface area contributed by atoms with Crippen LogP contribution in [0, 0.1) is 18.6 Å². The van der Waals surface area contributed by atoms with Crippen LogP contribution in [0.1, 0.15) is 5.69 Å². The van der Waals surface area contributed by atoms with Crippen LogP contribution in [0.2, 0.25) is 0 Å². The Morgan fingerprint density at radius 1 is 1.23 bits per heavy atom. The Kier molecular flexibility index (Phi) is 3.72. The number of benzene rings is 2. The van der Waals surface area contributed by atoms with E-state index in [9.17, 15) is 13.6 Å². The molecule has 0 fully saturated rings. The van der Waals surface area contributed by atoms with Gasteiger partial charge in [0.1, 0.15) is 5.75 Å². The van der Waals surface area contributed by atoms with E-state index >= 15 is 0 Å². The first-order valence-corrected chi connectivity index (χ1v) is 8.00. The van der Waals surface area contributed by atoms with Crippen LogP contribution in [0.5, 0.6) is 5.75 Å². The van der Waals surface area contributed by atoms with E-state index < -0.39 is 11.6 Å². The maximum atomic E-state index is 14.4. The molecule has 5 nitrogen and oxygen atoms in total. The molecule has 132 valence electrons. The molecule has 0 saturated carbocycles. The monoisotopic (exact) mass is 355 g/mol. The van der Waals surface area contributed by atoms with Crippen LogP contribution in [-0.4, -0.2) is 22.3 Å². The van der Waals surface area contributed by atoms with Crippen molar-refractivity contribution in [2.45, 2.75) is 6.92 Å². The van der Waals surface area contributed by atoms with E-state index in [4.69, 9.17) is 4.74 Å². The van der Waals surface area contributed by atoms with Crippen molar-refractivity contribution in [3.8, 4) is 28.1 Å². The predicted octanol–water partition coefficient (Wildman–Crippen LogP) is 3.67. The molecule has 4 rings (SSSR count). The van der Waals surface area contributed by atoms with Gasteiger partial charge >= 0.3 is 0 Å². The first-order valence-electron chi connectivity index (χ1n) is 8.00. The summed E-state index contributed by atoms with van der Waals surface area (Å²) in [7, 11) is 1.68. The van der Waals surface area contributed by atoms with Gasteiger partial charge in [0.2, 0.25) is 0 Å². The fourth-order valence-electron chi connectivity index (χ4n) is 3.24. The molecule has 3 aromatic rings. The van der Waals surface area contributed by atoms with Crippen LogP contribution >= 0.6 is 0 Å². The summed E-state index contributed by atoms with van der Waals surface area (Å²) in [5, 5.41) is 7.12. The second-order valence-electron chi connectivity index (χ2n) is 6.08. The van der Waals surface area contributed by atoms with Crippen molar-refractivity contribution in [2.24, 2.45) is 7.05 Å². The number of anilines is 1. The molecule has 0 atom stereocenters. The third-order valence-corrected chi connectivity index (χ3v) is 4.33. The fourth-order valence-corrected chi connectivity index (χ4v) is 3.24. The molecule has 1 aliphatic rings. The van der Waals surface area contributed by atoms with Crippen molar-refractivity contribution in [2.75, 3.05) is 11.9 Å². The maximum absolute atomic E-state index is 14.4. The van der Waals surface area contributed by atoms with Gasteiger partial charge < -0.3 is 10.1 Å². The molecule has 0 bridgehead atoms. The number of nitrogens with one attached hydrogen (secondary N) is 1. The largest absolute Gasteiger partial charge is 0.482 e. The zero-order chi connectivity index (χ0) is 18.4. The van der Waals surface area contributed by atoms with Crippen LogP contribution in [0.4, 0.5) is 14.5 Å². The molecule has 0 aliphatic carbocycles. The number of fused-ring (bicyclic) bond motifs is 1. The molecule has 0 unspecified atom stereocenters. The van der Waals surface area contributed by atoms with E-state index in [2.05, 4.69) is 10.4 Å². The first-order chi connectivity index (χ1) is 12.5. The molecule has 0 spiro atoms. The van der Waals surface area contributed by atoms with Crippen molar-refractivity contribution in [3.05, 3.63) is 53.7 Å². The van der Waals surface area contributed by atoms with Gasteiger partial charge in [0.25, 0.3) is 5.91 Å². The van der Waals surface area contributed by atoms with Crippen LogP contribution < -0.4 is 10.1 Å². The minimum atomic E-state index is -0.925. The standard InChI is InChI=1S/C19H15F2N3O2/c1-10-17(11-6-7-15-14(8-11)22-16(25)9-26-15)19(24(2)23-10)12-4-3-5-13(20)18(12)21/h3-8H,9H2,1-2H3,(H,22,25). The van der Waals surface area contributed by atoms with Crippen LogP contribution in [0.25, 0.3) is 22.4 Å². The van der Waals surface area contributed by atoms with E-state index in [0.29, 0.717) is 28.4 Å². The van der Waals surface area contributed by atoms with Crippen molar-refractivity contribution < 1.29 is 18.3 Å². The lowest BCUT2D eigenvalue weighted by atomic mass is 9.98. The highest BCUT2D eigenvalue weighted by atomic mass is 19.2. The smallest absolute Gasteiger partial charge is 0.262 e. The Morgan fingerprint density at radius 2 is 2.04 bits per heavy atom. The van der Waals surface area contributed by atoms with Gasteiger partial charge in [-0.1, -0.05) is 12.1 Å². The van der Waals surface area contributed by atoms with Gasteiger partial charge in [-0.05, 0) is 36.8 Å². The lowest BCUT2D eigenvalue weighted by Crippen LogP contribution is -2.25. The highest BCUT2D eigenvalue weighted by molar-refractivity contribution is 5.97. The highest BCUT2D eigenvalue weighted by Crippen LogP contribution is 2.39. The topological polar surface area (TPSA) is 56.2 Å². The van der Waals surface area contributed by atoms with Crippen molar-refractivity contribution >= 4 is 11.6 Å². The molecule has 2 heterocycles. The zero-order valence-electron chi connectivity index (χ0n) is 14.1. The maximum Gasteiger partial charge on any atom is 0.262 e. The summed E-state index contributed by atoms with van der Waals surface area (Å²) < 4.78 is 35.0. The van der Waals surface area contributed by atoms with Gasteiger partial charge in [-0.2, -0.15) is 5.10 Å². The first kappa shape index (κ1) is 16.3. The number of hydrogen-bond donors (Lipinski definition) is 1. The Hall–Kier alpha value is -3.22. The number of nitrogens with zero attached hydrogens (tertiary/aromatic N) is 2. The minimum absolute atomic E-state index is 0.0297. The third-order valence-electron chi connectivity index (χ3n) is 4.33. The van der Waals surface area contributed by atoms with Gasteiger partial charge in [-0.15, -0.1) is 0 Å². The number of amides is 1. The molecule has 1 aromatic heterocycles. The van der Waals surface area contributed by atoms with Crippen LogP contribution in [0.15, 0.2) is 36.4 Å². The molecule has 1 amide bonds. The Labute approximate surface area is 148 Å². The number of carbonyl (C=O) groups excluding carboxylic acids is 1. The molecule has 0 radical (unpaired) electrons. The number of aryl methyl sites for hydroxylation is 2. The van der Waals surface area contributed by atoms with Crippen molar-refractivity contribution in [3.63, 3.8) is 0 Å². The lowest BCUT2D eigenvalue weighted by Gasteiger charge is -2.19. The molecule has 2 aromatic carbocycles. The van der Waals surface area contributed by atoms with E-state index in [1.165, 1.54) is 16.8 Å². The van der Waals surface area contributed by atoms with E-state index in [1.54, 1.807) is 32.2 Å². The van der Waals surface area contributed by atoms with E-state index in [-0.39, 0.29) is 18.1 Å². The summed E-state index contributed by atoms with van der Waals surface area (Å²) in [6, 6.07) is 9.34. The summed E-state index contributed by atoms with van der Waals surface area (Å²) in [4.78, 5) is 11.6. The normalized spacial score (nSPS) is 13.2. The predicted molar refractivity (Wildman–Crippen MR) is 92.9 cm³/mol. The van der Waals surface area contributed by atoms with Crippen LogP contribution in [0.3, 0.4) is 0 Å². The van der Waals surface area contributed by atoms with Crippen LogP contribution in [-0.2, 0) is 11.8 Å². The lowest BCUT2D eigenvalue weighted by molar-refractivity contribution is -0.118. The number of halogens is 2. The molecule has 1 aliphatic heterocycles. The molecular weight excluding hydrogens is 340 g/mol. The minimum Gasteiger partial charge on any atom is -0.482 e. The molecule has 26 heavy (non-hydrogen) atoms. The molecular formula is C19H15F2N3O2. The summed E-state index contributed by atoms with van der Waals surface area (Å²) in [5.41, 5.74) is 3.17. The van der Waals surface area contributed by atoms with Crippen molar-refractivity contribution in [1.29, 1.82) is 0 Å². The Morgan fingerprint density at radius 3 is 2.85 bits per heavy atom. The molecule has 7 heteroatoms. The summed E-state index contributed by atoms with van der Waals surface area (Å²) in [6.45, 7) is 1.77. The molecule has 0 saturated heterocycles. The van der Waals surface area contributed by atoms with E-state index in [0.717, 1.165) is 11.6 Å². The third kappa shape index (κ3) is 2.52. The number of carbonyl (C=O) groups is 1. The van der Waals surface area contributed by atoms with Gasteiger partial charge in [0.05, 0.1) is 17.1 Å². The quantitative estimate of drug-likeness (QED) is 0.763. The van der Waals surface area contributed by atoms with Gasteiger partial charge in [0, 0.05) is 18.2 Å². The second-order valence-corrected chi connectivity index (χ2v) is 6.08. The Balaban J connectivity index is 1.92. The highest BCUT2D eigenvalue weighted by Gasteiger charge is 2.23.